The Morgan fingerprint density at radius 1 is 0.935 bits per heavy atom. The molecular formula is C24H28N2O5. The monoisotopic (exact) mass is 424 g/mol. The van der Waals surface area contributed by atoms with Gasteiger partial charge >= 0.3 is 11.9 Å². The maximum Gasteiger partial charge on any atom is 0.330 e. The first-order valence-corrected chi connectivity index (χ1v) is 10.1. The Bertz CT molecular complexity index is 925. The molecule has 0 aliphatic heterocycles. The summed E-state index contributed by atoms with van der Waals surface area (Å²) in [7, 11) is 0. The van der Waals surface area contributed by atoms with Gasteiger partial charge in [-0.15, -0.1) is 0 Å². The van der Waals surface area contributed by atoms with E-state index >= 15 is 0 Å². The Balaban J connectivity index is 2.29. The van der Waals surface area contributed by atoms with Gasteiger partial charge in [0.2, 0.25) is 5.91 Å². The van der Waals surface area contributed by atoms with Crippen molar-refractivity contribution in [1.82, 2.24) is 4.90 Å². The number of carbonyl (C=O) groups is 3. The lowest BCUT2D eigenvalue weighted by atomic mass is 10.0. The zero-order valence-electron chi connectivity index (χ0n) is 17.9. The van der Waals surface area contributed by atoms with Gasteiger partial charge in [0, 0.05) is 24.7 Å². The van der Waals surface area contributed by atoms with Crippen LogP contribution in [0.5, 0.6) is 0 Å². The number of esters is 2. The van der Waals surface area contributed by atoms with Crippen molar-refractivity contribution in [3.05, 3.63) is 76.9 Å². The average molecular weight is 424 g/mol. The summed E-state index contributed by atoms with van der Waals surface area (Å²) in [4.78, 5) is 37.5. The Morgan fingerprint density at radius 3 is 2.26 bits per heavy atom. The molecular weight excluding hydrogens is 396 g/mol. The van der Waals surface area contributed by atoms with Crippen molar-refractivity contribution >= 4 is 23.9 Å². The van der Waals surface area contributed by atoms with Crippen LogP contribution in [0, 0.1) is 0 Å². The molecule has 2 rings (SSSR count). The third-order valence-corrected chi connectivity index (χ3v) is 4.31. The van der Waals surface area contributed by atoms with Crippen LogP contribution in [0.4, 0.5) is 0 Å². The highest BCUT2D eigenvalue weighted by Crippen LogP contribution is 2.16. The van der Waals surface area contributed by atoms with Crippen molar-refractivity contribution < 1.29 is 23.9 Å². The molecule has 2 aromatic rings. The molecule has 1 amide bonds. The van der Waals surface area contributed by atoms with E-state index < -0.39 is 11.9 Å². The molecule has 2 N–H and O–H groups in total. The van der Waals surface area contributed by atoms with Gasteiger partial charge in [-0.3, -0.25) is 14.5 Å². The van der Waals surface area contributed by atoms with Gasteiger partial charge in [-0.1, -0.05) is 36.4 Å². The van der Waals surface area contributed by atoms with Gasteiger partial charge in [0.25, 0.3) is 0 Å². The largest absolute Gasteiger partial charge is 0.465 e. The number of carbonyl (C=O) groups excluding carboxylic acids is 3. The topological polar surface area (TPSA) is 98.9 Å². The zero-order chi connectivity index (χ0) is 22.6. The van der Waals surface area contributed by atoms with E-state index in [-0.39, 0.29) is 19.1 Å². The second kappa shape index (κ2) is 12.3. The van der Waals surface area contributed by atoms with Crippen LogP contribution in [0.25, 0.3) is 6.08 Å². The van der Waals surface area contributed by atoms with E-state index in [1.807, 2.05) is 41.3 Å². The molecule has 0 radical (unpaired) electrons. The molecule has 0 bridgehead atoms. The number of nitrogens with two attached hydrogens (primary N) is 1. The van der Waals surface area contributed by atoms with Crippen LogP contribution in [-0.2, 0) is 32.2 Å². The van der Waals surface area contributed by atoms with E-state index in [9.17, 15) is 14.4 Å². The quantitative estimate of drug-likeness (QED) is 0.440. The second-order valence-corrected chi connectivity index (χ2v) is 6.85. The molecule has 0 spiro atoms. The predicted octanol–water partition coefficient (Wildman–Crippen LogP) is 2.93. The van der Waals surface area contributed by atoms with E-state index in [1.54, 1.807) is 32.1 Å². The van der Waals surface area contributed by atoms with E-state index in [2.05, 4.69) is 0 Å². The molecule has 0 aliphatic carbocycles. The zero-order valence-corrected chi connectivity index (χ0v) is 17.9. The Kier molecular flexibility index (Phi) is 9.45. The van der Waals surface area contributed by atoms with Gasteiger partial charge in [0.05, 0.1) is 19.8 Å². The Labute approximate surface area is 182 Å². The fourth-order valence-corrected chi connectivity index (χ4v) is 3.06. The van der Waals surface area contributed by atoms with Crippen molar-refractivity contribution in [2.75, 3.05) is 19.8 Å². The number of nitrogens with zero attached hydrogens (tertiary/aromatic N) is 1. The molecule has 0 fully saturated rings. The summed E-state index contributed by atoms with van der Waals surface area (Å²) in [5, 5.41) is 0. The lowest BCUT2D eigenvalue weighted by Crippen LogP contribution is -2.30. The van der Waals surface area contributed by atoms with Crippen LogP contribution in [0.1, 0.15) is 40.9 Å². The van der Waals surface area contributed by atoms with Gasteiger partial charge in [-0.2, -0.15) is 0 Å². The highest BCUT2D eigenvalue weighted by Gasteiger charge is 2.14. The normalized spacial score (nSPS) is 10.9. The average Bonchev–Trinajstić information content (AvgIpc) is 2.73. The molecule has 2 aromatic carbocycles. The molecule has 0 atom stereocenters. The van der Waals surface area contributed by atoms with Gasteiger partial charge in [0.15, 0.2) is 0 Å². The first kappa shape index (κ1) is 23.8. The lowest BCUT2D eigenvalue weighted by molar-refractivity contribution is -0.144. The highest BCUT2D eigenvalue weighted by molar-refractivity contribution is 5.94. The molecule has 0 saturated carbocycles. The maximum absolute atomic E-state index is 12.1. The van der Waals surface area contributed by atoms with E-state index in [0.29, 0.717) is 30.8 Å². The molecule has 7 heteroatoms. The molecule has 7 nitrogen and oxygen atoms in total. The minimum absolute atomic E-state index is 0.0948. The highest BCUT2D eigenvalue weighted by atomic mass is 16.5. The number of rotatable bonds is 11. The number of amides is 1. The van der Waals surface area contributed by atoms with Gasteiger partial charge in [-0.05, 0) is 48.7 Å². The number of primary amides is 1. The van der Waals surface area contributed by atoms with Crippen LogP contribution in [-0.4, -0.2) is 42.5 Å². The maximum atomic E-state index is 12.1. The van der Waals surface area contributed by atoms with Crippen molar-refractivity contribution in [3.8, 4) is 0 Å². The summed E-state index contributed by atoms with van der Waals surface area (Å²) in [6.45, 7) is 5.07. The third-order valence-electron chi connectivity index (χ3n) is 4.31. The van der Waals surface area contributed by atoms with Crippen molar-refractivity contribution in [2.24, 2.45) is 5.73 Å². The fourth-order valence-electron chi connectivity index (χ4n) is 3.06. The summed E-state index contributed by atoms with van der Waals surface area (Å²) in [5.74, 6) is -1.37. The van der Waals surface area contributed by atoms with Crippen molar-refractivity contribution in [1.29, 1.82) is 0 Å². The molecule has 0 saturated heterocycles. The fraction of sp³-hybridized carbons (Fsp3) is 0.292. The number of hydrogen-bond acceptors (Lipinski definition) is 6. The van der Waals surface area contributed by atoms with Gasteiger partial charge in [-0.25, -0.2) is 4.79 Å². The lowest BCUT2D eigenvalue weighted by Gasteiger charge is -2.22. The molecule has 0 heterocycles. The van der Waals surface area contributed by atoms with E-state index in [4.69, 9.17) is 15.2 Å². The first-order chi connectivity index (χ1) is 14.9. The second-order valence-electron chi connectivity index (χ2n) is 6.85. The van der Waals surface area contributed by atoms with Crippen LogP contribution >= 0.6 is 0 Å². The Hall–Kier alpha value is -3.45. The van der Waals surface area contributed by atoms with Gasteiger partial charge < -0.3 is 15.2 Å². The summed E-state index contributed by atoms with van der Waals surface area (Å²) in [5.41, 5.74) is 8.26. The predicted molar refractivity (Wildman–Crippen MR) is 118 cm³/mol. The van der Waals surface area contributed by atoms with Crippen LogP contribution in [0.2, 0.25) is 0 Å². The number of benzene rings is 2. The summed E-state index contributed by atoms with van der Waals surface area (Å²) < 4.78 is 10.00. The van der Waals surface area contributed by atoms with E-state index in [1.165, 1.54) is 6.08 Å². The number of hydrogen-bond donors (Lipinski definition) is 1. The van der Waals surface area contributed by atoms with Gasteiger partial charge in [0.1, 0.15) is 0 Å². The summed E-state index contributed by atoms with van der Waals surface area (Å²) in [6, 6.07) is 14.9. The van der Waals surface area contributed by atoms with E-state index in [0.717, 1.165) is 11.1 Å². The molecule has 0 aromatic heterocycles. The van der Waals surface area contributed by atoms with Crippen molar-refractivity contribution in [3.63, 3.8) is 0 Å². The van der Waals surface area contributed by atoms with Crippen LogP contribution in [0.15, 0.2) is 54.6 Å². The SMILES string of the molecule is CCOC(=O)C=Cc1cc(CN(CC(=O)OCC)Cc2ccccc2)cc(C(N)=O)c1. The summed E-state index contributed by atoms with van der Waals surface area (Å²) >= 11 is 0. The third kappa shape index (κ3) is 8.44. The van der Waals surface area contributed by atoms with Crippen molar-refractivity contribution in [2.45, 2.75) is 26.9 Å². The number of ether oxygens (including phenoxy) is 2. The van der Waals surface area contributed by atoms with Crippen LogP contribution < -0.4 is 5.73 Å². The molecule has 0 aliphatic rings. The minimum atomic E-state index is -0.576. The Morgan fingerprint density at radius 2 is 1.61 bits per heavy atom. The standard InChI is InChI=1S/C24H28N2O5/c1-3-30-22(27)11-10-19-12-20(14-21(13-19)24(25)29)16-26(17-23(28)31-4-2)15-18-8-6-5-7-9-18/h5-14H,3-4,15-17H2,1-2H3,(H2,25,29). The van der Waals surface area contributed by atoms with Crippen LogP contribution in [0.3, 0.4) is 0 Å². The molecule has 164 valence electrons. The smallest absolute Gasteiger partial charge is 0.330 e. The first-order valence-electron chi connectivity index (χ1n) is 10.1. The molecule has 0 unspecified atom stereocenters. The minimum Gasteiger partial charge on any atom is -0.465 e. The molecule has 31 heavy (non-hydrogen) atoms. The summed E-state index contributed by atoms with van der Waals surface area (Å²) in [6.07, 6.45) is 2.87.